The Labute approximate surface area is 126 Å². The first kappa shape index (κ1) is 13.4. The highest BCUT2D eigenvalue weighted by atomic mass is 35.5. The van der Waals surface area contributed by atoms with Gasteiger partial charge in [0.05, 0.1) is 11.2 Å². The molecule has 0 aliphatic rings. The number of rotatable bonds is 3. The third-order valence-corrected chi connectivity index (χ3v) is 3.34. The largest absolute Gasteiger partial charge is 0.478 e. The molecular weight excluding hydrogens is 288 g/mol. The van der Waals surface area contributed by atoms with Crippen LogP contribution in [0.3, 0.4) is 0 Å². The molecule has 0 bridgehead atoms. The molecular formula is C16H11ClN2O2. The number of hydrogen-bond acceptors (Lipinski definition) is 3. The number of pyridine rings is 1. The topological polar surface area (TPSA) is 62.2 Å². The van der Waals surface area contributed by atoms with Gasteiger partial charge in [0, 0.05) is 22.3 Å². The standard InChI is InChI=1S/C16H11ClN2O2/c17-10-6-7-14-12(8-10)15(13(9-18-14)16(20)21)19-11-4-2-1-3-5-11/h1-9H,(H,18,19)(H,20,21). The first-order chi connectivity index (χ1) is 10.1. The third kappa shape index (κ3) is 2.66. The van der Waals surface area contributed by atoms with Crippen molar-refractivity contribution in [1.82, 2.24) is 4.98 Å². The van der Waals surface area contributed by atoms with Gasteiger partial charge in [0.25, 0.3) is 0 Å². The van der Waals surface area contributed by atoms with Crippen molar-refractivity contribution in [3.8, 4) is 0 Å². The van der Waals surface area contributed by atoms with Gasteiger partial charge in [-0.3, -0.25) is 4.98 Å². The summed E-state index contributed by atoms with van der Waals surface area (Å²) < 4.78 is 0. The van der Waals surface area contributed by atoms with Crippen molar-refractivity contribution in [2.24, 2.45) is 0 Å². The van der Waals surface area contributed by atoms with E-state index in [1.54, 1.807) is 18.2 Å². The summed E-state index contributed by atoms with van der Waals surface area (Å²) in [6.07, 6.45) is 1.35. The van der Waals surface area contributed by atoms with E-state index in [0.29, 0.717) is 21.6 Å². The minimum absolute atomic E-state index is 0.105. The molecule has 3 aromatic rings. The molecule has 104 valence electrons. The van der Waals surface area contributed by atoms with E-state index >= 15 is 0 Å². The zero-order valence-corrected chi connectivity index (χ0v) is 11.6. The molecule has 3 rings (SSSR count). The molecule has 0 aliphatic heterocycles. The Morgan fingerprint density at radius 2 is 1.90 bits per heavy atom. The van der Waals surface area contributed by atoms with Gasteiger partial charge < -0.3 is 10.4 Å². The first-order valence-electron chi connectivity index (χ1n) is 6.29. The highest BCUT2D eigenvalue weighted by molar-refractivity contribution is 6.31. The lowest BCUT2D eigenvalue weighted by atomic mass is 10.1. The molecule has 1 heterocycles. The molecule has 0 saturated carbocycles. The van der Waals surface area contributed by atoms with Gasteiger partial charge >= 0.3 is 5.97 Å². The molecule has 4 nitrogen and oxygen atoms in total. The van der Waals surface area contributed by atoms with Gasteiger partial charge in [0.1, 0.15) is 5.56 Å². The lowest BCUT2D eigenvalue weighted by Crippen LogP contribution is -2.04. The SMILES string of the molecule is O=C(O)c1cnc2ccc(Cl)cc2c1Nc1ccccc1. The molecule has 1 aromatic heterocycles. The van der Waals surface area contributed by atoms with Crippen LogP contribution < -0.4 is 5.32 Å². The molecule has 0 unspecified atom stereocenters. The summed E-state index contributed by atoms with van der Waals surface area (Å²) in [6.45, 7) is 0. The zero-order valence-electron chi connectivity index (χ0n) is 10.9. The lowest BCUT2D eigenvalue weighted by Gasteiger charge is -2.12. The molecule has 2 N–H and O–H groups in total. The Bertz CT molecular complexity index is 819. The second-order valence-electron chi connectivity index (χ2n) is 4.50. The minimum atomic E-state index is -1.04. The number of carboxylic acid groups (broad SMARTS) is 1. The van der Waals surface area contributed by atoms with Gasteiger partial charge in [-0.2, -0.15) is 0 Å². The van der Waals surface area contributed by atoms with Crippen molar-refractivity contribution < 1.29 is 9.90 Å². The Hall–Kier alpha value is -2.59. The summed E-state index contributed by atoms with van der Waals surface area (Å²) in [4.78, 5) is 15.6. The molecule has 5 heteroatoms. The van der Waals surface area contributed by atoms with Crippen LogP contribution in [0.15, 0.2) is 54.7 Å². The number of halogens is 1. The van der Waals surface area contributed by atoms with Crippen LogP contribution in [0, 0.1) is 0 Å². The number of benzene rings is 2. The Morgan fingerprint density at radius 1 is 1.14 bits per heavy atom. The van der Waals surface area contributed by atoms with Gasteiger partial charge in [-0.1, -0.05) is 29.8 Å². The molecule has 0 fully saturated rings. The Balaban J connectivity index is 2.23. The predicted octanol–water partition coefficient (Wildman–Crippen LogP) is 4.33. The molecule has 0 spiro atoms. The van der Waals surface area contributed by atoms with E-state index in [4.69, 9.17) is 11.6 Å². The Morgan fingerprint density at radius 3 is 2.62 bits per heavy atom. The van der Waals surface area contributed by atoms with E-state index in [0.717, 1.165) is 5.69 Å². The molecule has 0 amide bonds. The van der Waals surface area contributed by atoms with Gasteiger partial charge in [-0.25, -0.2) is 4.79 Å². The van der Waals surface area contributed by atoms with E-state index in [1.165, 1.54) is 6.20 Å². The first-order valence-corrected chi connectivity index (χ1v) is 6.66. The number of hydrogen-bond donors (Lipinski definition) is 2. The summed E-state index contributed by atoms with van der Waals surface area (Å²) in [6, 6.07) is 14.6. The smallest absolute Gasteiger partial charge is 0.339 e. The van der Waals surface area contributed by atoms with Crippen molar-refractivity contribution in [3.05, 3.63) is 65.3 Å². The van der Waals surface area contributed by atoms with Gasteiger partial charge in [0.2, 0.25) is 0 Å². The van der Waals surface area contributed by atoms with E-state index < -0.39 is 5.97 Å². The second-order valence-corrected chi connectivity index (χ2v) is 4.94. The average molecular weight is 299 g/mol. The van der Waals surface area contributed by atoms with E-state index in [2.05, 4.69) is 10.3 Å². The minimum Gasteiger partial charge on any atom is -0.478 e. The number of anilines is 2. The summed E-state index contributed by atoms with van der Waals surface area (Å²) in [5.74, 6) is -1.04. The molecule has 0 saturated heterocycles. The second kappa shape index (κ2) is 5.42. The van der Waals surface area contributed by atoms with Crippen LogP contribution in [0.2, 0.25) is 5.02 Å². The zero-order chi connectivity index (χ0) is 14.8. The average Bonchev–Trinajstić information content (AvgIpc) is 2.48. The van der Waals surface area contributed by atoms with E-state index in [-0.39, 0.29) is 5.56 Å². The predicted molar refractivity (Wildman–Crippen MR) is 83.4 cm³/mol. The fourth-order valence-electron chi connectivity index (χ4n) is 2.13. The number of aromatic carboxylic acids is 1. The summed E-state index contributed by atoms with van der Waals surface area (Å²) >= 11 is 6.02. The van der Waals surface area contributed by atoms with Crippen molar-refractivity contribution >= 4 is 39.8 Å². The molecule has 0 atom stereocenters. The maximum Gasteiger partial charge on any atom is 0.339 e. The van der Waals surface area contributed by atoms with Crippen molar-refractivity contribution in [2.75, 3.05) is 5.32 Å². The van der Waals surface area contributed by atoms with Crippen LogP contribution in [0.4, 0.5) is 11.4 Å². The van der Waals surface area contributed by atoms with Gasteiger partial charge in [-0.15, -0.1) is 0 Å². The number of nitrogens with zero attached hydrogens (tertiary/aromatic N) is 1. The lowest BCUT2D eigenvalue weighted by molar-refractivity contribution is 0.0697. The third-order valence-electron chi connectivity index (χ3n) is 3.10. The molecule has 21 heavy (non-hydrogen) atoms. The van der Waals surface area contributed by atoms with Crippen molar-refractivity contribution in [1.29, 1.82) is 0 Å². The number of carboxylic acids is 1. The number of fused-ring (bicyclic) bond motifs is 1. The van der Waals surface area contributed by atoms with E-state index in [9.17, 15) is 9.90 Å². The van der Waals surface area contributed by atoms with Crippen LogP contribution in [0.1, 0.15) is 10.4 Å². The maximum atomic E-state index is 11.4. The van der Waals surface area contributed by atoms with E-state index in [1.807, 2.05) is 30.3 Å². The summed E-state index contributed by atoms with van der Waals surface area (Å²) in [5.41, 5.74) is 2.07. The maximum absolute atomic E-state index is 11.4. The summed E-state index contributed by atoms with van der Waals surface area (Å²) in [5, 5.41) is 13.7. The number of aromatic nitrogens is 1. The Kier molecular flexibility index (Phi) is 3.46. The summed E-state index contributed by atoms with van der Waals surface area (Å²) in [7, 11) is 0. The van der Waals surface area contributed by atoms with Crippen molar-refractivity contribution in [3.63, 3.8) is 0 Å². The van der Waals surface area contributed by atoms with Crippen LogP contribution in [0.25, 0.3) is 10.9 Å². The molecule has 0 radical (unpaired) electrons. The van der Waals surface area contributed by atoms with Crippen LogP contribution >= 0.6 is 11.6 Å². The normalized spacial score (nSPS) is 10.5. The van der Waals surface area contributed by atoms with Crippen LogP contribution in [0.5, 0.6) is 0 Å². The molecule has 0 aliphatic carbocycles. The number of carbonyl (C=O) groups is 1. The number of nitrogens with one attached hydrogen (secondary N) is 1. The quantitative estimate of drug-likeness (QED) is 0.755. The highest BCUT2D eigenvalue weighted by Crippen LogP contribution is 2.30. The number of para-hydroxylation sites is 1. The van der Waals surface area contributed by atoms with Crippen LogP contribution in [-0.4, -0.2) is 16.1 Å². The monoisotopic (exact) mass is 298 g/mol. The molecule has 2 aromatic carbocycles. The fourth-order valence-corrected chi connectivity index (χ4v) is 2.30. The van der Waals surface area contributed by atoms with Gasteiger partial charge in [0.15, 0.2) is 0 Å². The fraction of sp³-hybridized carbons (Fsp3) is 0. The highest BCUT2D eigenvalue weighted by Gasteiger charge is 2.15. The van der Waals surface area contributed by atoms with Crippen molar-refractivity contribution in [2.45, 2.75) is 0 Å². The van der Waals surface area contributed by atoms with Gasteiger partial charge in [-0.05, 0) is 30.3 Å². The van der Waals surface area contributed by atoms with Crippen LogP contribution in [-0.2, 0) is 0 Å².